The Labute approximate surface area is 169 Å². The summed E-state index contributed by atoms with van der Waals surface area (Å²) < 4.78 is 12.6. The zero-order valence-electron chi connectivity index (χ0n) is 16.5. The van der Waals surface area contributed by atoms with Gasteiger partial charge in [-0.2, -0.15) is 4.98 Å². The van der Waals surface area contributed by atoms with Crippen LogP contribution in [0.15, 0.2) is 65.9 Å². The van der Waals surface area contributed by atoms with Gasteiger partial charge in [-0.25, -0.2) is 9.48 Å². The normalized spacial score (nSPS) is 15.5. The van der Waals surface area contributed by atoms with Crippen molar-refractivity contribution in [3.8, 4) is 17.1 Å². The standard InChI is InChI=1S/C22H22N4O3/c1-4-29-17-13-9-8-12-16(17)19-18(21(27)28-3)14(2)23-22-24-20(25-26(19)22)15-10-6-5-7-11-15/h5-13,19H,4H2,1-3H3,(H,23,24,25)/t19-/m1/s1. The van der Waals surface area contributed by atoms with Crippen LogP contribution in [0.2, 0.25) is 0 Å². The van der Waals surface area contributed by atoms with Crippen molar-refractivity contribution in [3.05, 3.63) is 71.4 Å². The molecule has 1 N–H and O–H groups in total. The minimum atomic E-state index is -0.522. The number of ether oxygens (including phenoxy) is 2. The fraction of sp³-hybridized carbons (Fsp3) is 0.227. The van der Waals surface area contributed by atoms with E-state index in [9.17, 15) is 4.79 Å². The van der Waals surface area contributed by atoms with Crippen LogP contribution >= 0.6 is 0 Å². The molecule has 1 aromatic heterocycles. The first-order valence-corrected chi connectivity index (χ1v) is 9.43. The van der Waals surface area contributed by atoms with E-state index >= 15 is 0 Å². The Hall–Kier alpha value is -3.61. The predicted molar refractivity (Wildman–Crippen MR) is 110 cm³/mol. The molecule has 0 unspecified atom stereocenters. The summed E-state index contributed by atoms with van der Waals surface area (Å²) in [5, 5.41) is 7.92. The van der Waals surface area contributed by atoms with Gasteiger partial charge in [-0.15, -0.1) is 5.10 Å². The number of carbonyl (C=O) groups is 1. The van der Waals surface area contributed by atoms with Crippen molar-refractivity contribution in [2.75, 3.05) is 19.0 Å². The van der Waals surface area contributed by atoms with Crippen LogP contribution in [0.1, 0.15) is 25.5 Å². The van der Waals surface area contributed by atoms with Crippen LogP contribution in [0.5, 0.6) is 5.75 Å². The van der Waals surface area contributed by atoms with E-state index in [0.717, 1.165) is 11.1 Å². The number of hydrogen-bond acceptors (Lipinski definition) is 6. The van der Waals surface area contributed by atoms with Crippen LogP contribution in [0, 0.1) is 0 Å². The fourth-order valence-electron chi connectivity index (χ4n) is 3.52. The van der Waals surface area contributed by atoms with Gasteiger partial charge in [-0.05, 0) is 19.9 Å². The molecule has 0 bridgehead atoms. The lowest BCUT2D eigenvalue weighted by molar-refractivity contribution is -0.136. The van der Waals surface area contributed by atoms with Crippen molar-refractivity contribution >= 4 is 11.9 Å². The number of allylic oxidation sites excluding steroid dienone is 1. The molecule has 2 aromatic carbocycles. The molecule has 0 amide bonds. The molecule has 148 valence electrons. The fourth-order valence-corrected chi connectivity index (χ4v) is 3.52. The molecule has 0 fully saturated rings. The van der Waals surface area contributed by atoms with Gasteiger partial charge < -0.3 is 14.8 Å². The van der Waals surface area contributed by atoms with Crippen molar-refractivity contribution < 1.29 is 14.3 Å². The largest absolute Gasteiger partial charge is 0.494 e. The van der Waals surface area contributed by atoms with Crippen molar-refractivity contribution in [1.29, 1.82) is 0 Å². The number of methoxy groups -OCH3 is 1. The van der Waals surface area contributed by atoms with E-state index in [1.165, 1.54) is 7.11 Å². The van der Waals surface area contributed by atoms with Crippen LogP contribution in [0.25, 0.3) is 11.4 Å². The Morgan fingerprint density at radius 3 is 2.59 bits per heavy atom. The number of nitrogens with zero attached hydrogens (tertiary/aromatic N) is 3. The number of anilines is 1. The summed E-state index contributed by atoms with van der Waals surface area (Å²) in [6.07, 6.45) is 0. The molecular formula is C22H22N4O3. The summed E-state index contributed by atoms with van der Waals surface area (Å²) in [7, 11) is 1.38. The molecule has 29 heavy (non-hydrogen) atoms. The highest BCUT2D eigenvalue weighted by molar-refractivity contribution is 5.92. The van der Waals surface area contributed by atoms with E-state index in [2.05, 4.69) is 10.3 Å². The average molecular weight is 390 g/mol. The number of rotatable bonds is 5. The summed E-state index contributed by atoms with van der Waals surface area (Å²) in [5.74, 6) is 1.41. The topological polar surface area (TPSA) is 78.3 Å². The van der Waals surface area contributed by atoms with E-state index in [0.29, 0.717) is 35.4 Å². The first-order valence-electron chi connectivity index (χ1n) is 9.43. The highest BCUT2D eigenvalue weighted by atomic mass is 16.5. The van der Waals surface area contributed by atoms with E-state index in [-0.39, 0.29) is 0 Å². The minimum Gasteiger partial charge on any atom is -0.494 e. The van der Waals surface area contributed by atoms with Crippen LogP contribution in [0.3, 0.4) is 0 Å². The van der Waals surface area contributed by atoms with Crippen LogP contribution in [-0.4, -0.2) is 34.5 Å². The van der Waals surface area contributed by atoms with Gasteiger partial charge in [-0.1, -0.05) is 48.5 Å². The molecular weight excluding hydrogens is 368 g/mol. The molecule has 7 nitrogen and oxygen atoms in total. The maximum atomic E-state index is 12.7. The maximum absolute atomic E-state index is 12.7. The molecule has 1 atom stereocenters. The Balaban J connectivity index is 1.91. The molecule has 0 spiro atoms. The van der Waals surface area contributed by atoms with Gasteiger partial charge in [0.25, 0.3) is 0 Å². The van der Waals surface area contributed by atoms with Crippen LogP contribution in [-0.2, 0) is 9.53 Å². The van der Waals surface area contributed by atoms with Gasteiger partial charge in [0, 0.05) is 16.8 Å². The van der Waals surface area contributed by atoms with Crippen molar-refractivity contribution in [2.45, 2.75) is 19.9 Å². The quantitative estimate of drug-likeness (QED) is 0.668. The van der Waals surface area contributed by atoms with Gasteiger partial charge in [0.15, 0.2) is 5.82 Å². The number of hydrogen-bond donors (Lipinski definition) is 1. The van der Waals surface area contributed by atoms with Gasteiger partial charge in [-0.3, -0.25) is 0 Å². The molecule has 4 rings (SSSR count). The number of esters is 1. The lowest BCUT2D eigenvalue weighted by Crippen LogP contribution is -2.29. The van der Waals surface area contributed by atoms with Crippen molar-refractivity contribution in [2.24, 2.45) is 0 Å². The second kappa shape index (κ2) is 7.79. The molecule has 3 aromatic rings. The van der Waals surface area contributed by atoms with E-state index in [4.69, 9.17) is 14.6 Å². The molecule has 0 saturated heterocycles. The highest BCUT2D eigenvalue weighted by Gasteiger charge is 2.36. The Bertz CT molecular complexity index is 1070. The summed E-state index contributed by atoms with van der Waals surface area (Å²) in [5.41, 5.74) is 2.86. The van der Waals surface area contributed by atoms with Crippen LogP contribution in [0.4, 0.5) is 5.95 Å². The average Bonchev–Trinajstić information content (AvgIpc) is 3.17. The molecule has 7 heteroatoms. The zero-order valence-corrected chi connectivity index (χ0v) is 16.5. The van der Waals surface area contributed by atoms with E-state index < -0.39 is 12.0 Å². The molecule has 0 radical (unpaired) electrons. The number of benzene rings is 2. The van der Waals surface area contributed by atoms with Gasteiger partial charge in [0.1, 0.15) is 11.8 Å². The Morgan fingerprint density at radius 2 is 1.86 bits per heavy atom. The van der Waals surface area contributed by atoms with Gasteiger partial charge in [0.05, 0.1) is 19.3 Å². The number of aromatic nitrogens is 3. The smallest absolute Gasteiger partial charge is 0.338 e. The summed E-state index contributed by atoms with van der Waals surface area (Å²) in [6, 6.07) is 16.8. The zero-order chi connectivity index (χ0) is 20.4. The number of nitrogens with one attached hydrogen (secondary N) is 1. The van der Waals surface area contributed by atoms with Gasteiger partial charge in [0.2, 0.25) is 5.95 Å². The first-order chi connectivity index (χ1) is 14.1. The van der Waals surface area contributed by atoms with Crippen molar-refractivity contribution in [1.82, 2.24) is 14.8 Å². The Kier molecular flexibility index (Phi) is 5.03. The first kappa shape index (κ1) is 18.7. The lowest BCUT2D eigenvalue weighted by atomic mass is 9.95. The van der Waals surface area contributed by atoms with E-state index in [1.807, 2.05) is 68.4 Å². The molecule has 0 aliphatic carbocycles. The third-order valence-electron chi connectivity index (χ3n) is 4.80. The molecule has 0 saturated carbocycles. The number of fused-ring (bicyclic) bond motifs is 1. The third-order valence-corrected chi connectivity index (χ3v) is 4.80. The van der Waals surface area contributed by atoms with Crippen LogP contribution < -0.4 is 10.1 Å². The monoisotopic (exact) mass is 390 g/mol. The summed E-state index contributed by atoms with van der Waals surface area (Å²) in [6.45, 7) is 4.27. The van der Waals surface area contributed by atoms with Gasteiger partial charge >= 0.3 is 5.97 Å². The molecule has 1 aliphatic rings. The third kappa shape index (κ3) is 3.35. The second-order valence-corrected chi connectivity index (χ2v) is 6.60. The number of carbonyl (C=O) groups excluding carboxylic acids is 1. The lowest BCUT2D eigenvalue weighted by Gasteiger charge is -2.28. The number of para-hydroxylation sites is 1. The Morgan fingerprint density at radius 1 is 1.14 bits per heavy atom. The van der Waals surface area contributed by atoms with Crippen molar-refractivity contribution in [3.63, 3.8) is 0 Å². The van der Waals surface area contributed by atoms with E-state index in [1.54, 1.807) is 4.68 Å². The minimum absolute atomic E-state index is 0.422. The second-order valence-electron chi connectivity index (χ2n) is 6.60. The maximum Gasteiger partial charge on any atom is 0.338 e. The highest BCUT2D eigenvalue weighted by Crippen LogP contribution is 2.40. The predicted octanol–water partition coefficient (Wildman–Crippen LogP) is 3.81. The summed E-state index contributed by atoms with van der Waals surface area (Å²) in [4.78, 5) is 17.4. The SMILES string of the molecule is CCOc1ccccc1[C@@H]1C(C(=O)OC)=C(C)Nc2nc(-c3ccccc3)nn21. The molecule has 2 heterocycles. The summed E-state index contributed by atoms with van der Waals surface area (Å²) >= 11 is 0. The molecule has 1 aliphatic heterocycles.